The van der Waals surface area contributed by atoms with E-state index >= 15 is 0 Å². The molecule has 1 saturated carbocycles. The van der Waals surface area contributed by atoms with Gasteiger partial charge in [0.2, 0.25) is 5.91 Å². The van der Waals surface area contributed by atoms with Gasteiger partial charge in [0, 0.05) is 49.7 Å². The van der Waals surface area contributed by atoms with Gasteiger partial charge in [-0.2, -0.15) is 0 Å². The second-order valence-electron chi connectivity index (χ2n) is 8.91. The number of thiophene rings is 1. The summed E-state index contributed by atoms with van der Waals surface area (Å²) in [6.07, 6.45) is 6.12. The molecule has 168 valence electrons. The Balaban J connectivity index is 1.33. The van der Waals surface area contributed by atoms with Gasteiger partial charge in [-0.15, -0.1) is 11.3 Å². The van der Waals surface area contributed by atoms with Crippen molar-refractivity contribution < 1.29 is 13.2 Å². The van der Waals surface area contributed by atoms with Crippen LogP contribution in [-0.4, -0.2) is 85.3 Å². The molecule has 0 radical (unpaired) electrons. The Morgan fingerprint density at radius 3 is 2.33 bits per heavy atom. The number of halogens is 1. The standard InChI is InChI=1S/C21H32ClN3O3S2/c22-20-7-6-19(29-20)14-23-9-11-24(12-10-23)15-21(26)25(17-4-2-1-3-5-17)18-8-13-30(27,28)16-18/h6-7,17-18H,1-5,8-16H2. The highest BCUT2D eigenvalue weighted by Crippen LogP contribution is 2.29. The van der Waals surface area contributed by atoms with Crippen LogP contribution in [0.1, 0.15) is 43.4 Å². The number of piperazine rings is 1. The third kappa shape index (κ3) is 5.76. The Kier molecular flexibility index (Phi) is 7.40. The molecular formula is C21H32ClN3O3S2. The molecule has 30 heavy (non-hydrogen) atoms. The third-order valence-corrected chi connectivity index (χ3v) is 9.66. The number of rotatable bonds is 6. The van der Waals surface area contributed by atoms with Crippen molar-refractivity contribution in [3.8, 4) is 0 Å². The molecule has 9 heteroatoms. The normalized spacial score (nSPS) is 26.1. The molecule has 1 unspecified atom stereocenters. The molecular weight excluding hydrogens is 442 g/mol. The molecule has 3 aliphatic rings. The molecule has 4 rings (SSSR count). The average Bonchev–Trinajstić information content (AvgIpc) is 3.29. The summed E-state index contributed by atoms with van der Waals surface area (Å²) in [6.45, 7) is 4.92. The van der Waals surface area contributed by atoms with Crippen LogP contribution >= 0.6 is 22.9 Å². The van der Waals surface area contributed by atoms with Gasteiger partial charge in [-0.3, -0.25) is 14.6 Å². The summed E-state index contributed by atoms with van der Waals surface area (Å²) in [5, 5.41) is 0. The van der Waals surface area contributed by atoms with Gasteiger partial charge in [-0.1, -0.05) is 30.9 Å². The van der Waals surface area contributed by atoms with Gasteiger partial charge in [0.1, 0.15) is 0 Å². The summed E-state index contributed by atoms with van der Waals surface area (Å²) in [5.74, 6) is 0.494. The molecule has 2 saturated heterocycles. The number of sulfone groups is 1. The van der Waals surface area contributed by atoms with Crippen molar-refractivity contribution >= 4 is 38.7 Å². The minimum Gasteiger partial charge on any atom is -0.335 e. The van der Waals surface area contributed by atoms with Crippen molar-refractivity contribution in [2.24, 2.45) is 0 Å². The zero-order valence-corrected chi connectivity index (χ0v) is 19.9. The Morgan fingerprint density at radius 2 is 1.73 bits per heavy atom. The van der Waals surface area contributed by atoms with E-state index in [0.717, 1.165) is 62.7 Å². The fraction of sp³-hybridized carbons (Fsp3) is 0.762. The first kappa shape index (κ1) is 22.5. The second-order valence-corrected chi connectivity index (χ2v) is 12.9. The lowest BCUT2D eigenvalue weighted by Crippen LogP contribution is -2.54. The lowest BCUT2D eigenvalue weighted by atomic mass is 9.92. The zero-order valence-electron chi connectivity index (χ0n) is 17.5. The monoisotopic (exact) mass is 473 g/mol. The summed E-state index contributed by atoms with van der Waals surface area (Å²) in [7, 11) is -3.00. The molecule has 0 N–H and O–H groups in total. The lowest BCUT2D eigenvalue weighted by Gasteiger charge is -2.40. The van der Waals surface area contributed by atoms with Gasteiger partial charge < -0.3 is 4.90 Å². The van der Waals surface area contributed by atoms with Crippen molar-refractivity contribution in [1.29, 1.82) is 0 Å². The Hall–Kier alpha value is -0.670. The van der Waals surface area contributed by atoms with Crippen molar-refractivity contribution in [1.82, 2.24) is 14.7 Å². The van der Waals surface area contributed by atoms with Crippen molar-refractivity contribution in [2.45, 2.75) is 57.2 Å². The topological polar surface area (TPSA) is 60.9 Å². The van der Waals surface area contributed by atoms with Crippen LogP contribution in [0.2, 0.25) is 4.34 Å². The summed E-state index contributed by atoms with van der Waals surface area (Å²) in [4.78, 5) is 21.3. The minimum atomic E-state index is -3.00. The maximum Gasteiger partial charge on any atom is 0.237 e. The van der Waals surface area contributed by atoms with Gasteiger partial charge in [-0.05, 0) is 31.4 Å². The van der Waals surface area contributed by atoms with Gasteiger partial charge in [-0.25, -0.2) is 8.42 Å². The number of carbonyl (C=O) groups excluding carboxylic acids is 1. The first-order valence-electron chi connectivity index (χ1n) is 11.1. The van der Waals surface area contributed by atoms with Gasteiger partial charge in [0.15, 0.2) is 9.84 Å². The Morgan fingerprint density at radius 1 is 1.03 bits per heavy atom. The SMILES string of the molecule is O=C(CN1CCN(Cc2ccc(Cl)s2)CC1)N(C1CCCCC1)C1CCS(=O)(=O)C1. The van der Waals surface area contributed by atoms with Crippen molar-refractivity contribution in [3.63, 3.8) is 0 Å². The van der Waals surface area contributed by atoms with E-state index in [9.17, 15) is 13.2 Å². The summed E-state index contributed by atoms with van der Waals surface area (Å²) in [6, 6.07) is 4.12. The highest BCUT2D eigenvalue weighted by Gasteiger charge is 2.39. The van der Waals surface area contributed by atoms with Crippen LogP contribution in [0, 0.1) is 0 Å². The van der Waals surface area contributed by atoms with Crippen molar-refractivity contribution in [3.05, 3.63) is 21.3 Å². The minimum absolute atomic E-state index is 0.127. The molecule has 3 fully saturated rings. The summed E-state index contributed by atoms with van der Waals surface area (Å²) >= 11 is 7.66. The Labute approximate surface area is 189 Å². The molecule has 1 aromatic heterocycles. The molecule has 1 atom stereocenters. The van der Waals surface area contributed by atoms with Crippen LogP contribution in [0.3, 0.4) is 0 Å². The molecule has 1 aliphatic carbocycles. The molecule has 0 aromatic carbocycles. The van der Waals surface area contributed by atoms with Crippen LogP contribution in [-0.2, 0) is 21.2 Å². The van der Waals surface area contributed by atoms with E-state index in [4.69, 9.17) is 11.6 Å². The number of carbonyl (C=O) groups is 1. The van der Waals surface area contributed by atoms with Crippen LogP contribution in [0.4, 0.5) is 0 Å². The molecule has 0 spiro atoms. The fourth-order valence-corrected chi connectivity index (χ4v) is 7.94. The quantitative estimate of drug-likeness (QED) is 0.635. The largest absolute Gasteiger partial charge is 0.335 e. The van der Waals surface area contributed by atoms with E-state index in [-0.39, 0.29) is 29.5 Å². The lowest BCUT2D eigenvalue weighted by molar-refractivity contribution is -0.138. The zero-order chi connectivity index (χ0) is 21.1. The van der Waals surface area contributed by atoms with E-state index in [1.807, 2.05) is 11.0 Å². The van der Waals surface area contributed by atoms with E-state index in [0.29, 0.717) is 13.0 Å². The van der Waals surface area contributed by atoms with E-state index < -0.39 is 9.84 Å². The predicted octanol–water partition coefficient (Wildman–Crippen LogP) is 2.87. The van der Waals surface area contributed by atoms with Gasteiger partial charge in [0.25, 0.3) is 0 Å². The highest BCUT2D eigenvalue weighted by atomic mass is 35.5. The molecule has 6 nitrogen and oxygen atoms in total. The van der Waals surface area contributed by atoms with E-state index in [2.05, 4.69) is 15.9 Å². The van der Waals surface area contributed by atoms with E-state index in [1.54, 1.807) is 11.3 Å². The number of hydrogen-bond acceptors (Lipinski definition) is 6. The highest BCUT2D eigenvalue weighted by molar-refractivity contribution is 7.91. The van der Waals surface area contributed by atoms with Crippen LogP contribution in [0.5, 0.6) is 0 Å². The second kappa shape index (κ2) is 9.86. The van der Waals surface area contributed by atoms with Crippen LogP contribution in [0.25, 0.3) is 0 Å². The summed E-state index contributed by atoms with van der Waals surface area (Å²) < 4.78 is 25.0. The maximum absolute atomic E-state index is 13.3. The van der Waals surface area contributed by atoms with Gasteiger partial charge >= 0.3 is 0 Å². The first-order valence-corrected chi connectivity index (χ1v) is 14.1. The predicted molar refractivity (Wildman–Crippen MR) is 122 cm³/mol. The maximum atomic E-state index is 13.3. The van der Waals surface area contributed by atoms with Crippen LogP contribution in [0.15, 0.2) is 12.1 Å². The third-order valence-electron chi connectivity index (χ3n) is 6.69. The van der Waals surface area contributed by atoms with Crippen LogP contribution < -0.4 is 0 Å². The number of amides is 1. The van der Waals surface area contributed by atoms with E-state index in [1.165, 1.54) is 11.3 Å². The van der Waals surface area contributed by atoms with Gasteiger partial charge in [0.05, 0.1) is 22.4 Å². The smallest absolute Gasteiger partial charge is 0.237 e. The summed E-state index contributed by atoms with van der Waals surface area (Å²) in [5.41, 5.74) is 0. The average molecular weight is 474 g/mol. The Bertz CT molecular complexity index is 830. The number of hydrogen-bond donors (Lipinski definition) is 0. The fourth-order valence-electron chi connectivity index (χ4n) is 5.09. The molecule has 1 aromatic rings. The first-order chi connectivity index (χ1) is 14.4. The number of nitrogens with zero attached hydrogens (tertiary/aromatic N) is 3. The molecule has 0 bridgehead atoms. The molecule has 1 amide bonds. The molecule has 2 aliphatic heterocycles. The van der Waals surface area contributed by atoms with Crippen molar-refractivity contribution in [2.75, 3.05) is 44.2 Å². The molecule has 3 heterocycles.